The molecular weight excluding hydrogens is 380 g/mol. The molecule has 150 valence electrons. The first-order chi connectivity index (χ1) is 14.6. The second kappa shape index (κ2) is 8.21. The van der Waals surface area contributed by atoms with Crippen LogP contribution < -0.4 is 4.90 Å². The van der Waals surface area contributed by atoms with Crippen LogP contribution in [0, 0.1) is 6.92 Å². The summed E-state index contributed by atoms with van der Waals surface area (Å²) in [6.07, 6.45) is 0. The van der Waals surface area contributed by atoms with Crippen molar-refractivity contribution in [3.63, 3.8) is 0 Å². The number of carbonyl (C=O) groups is 3. The van der Waals surface area contributed by atoms with E-state index in [9.17, 15) is 14.4 Å². The molecule has 0 N–H and O–H groups in total. The van der Waals surface area contributed by atoms with Gasteiger partial charge in [-0.05, 0) is 36.8 Å². The van der Waals surface area contributed by atoms with Gasteiger partial charge in [-0.2, -0.15) is 0 Å². The summed E-state index contributed by atoms with van der Waals surface area (Å²) in [6, 6.07) is 23.6. The van der Waals surface area contributed by atoms with Gasteiger partial charge >= 0.3 is 12.0 Å². The maximum absolute atomic E-state index is 13.2. The van der Waals surface area contributed by atoms with Crippen LogP contribution in [-0.2, 0) is 9.53 Å². The van der Waals surface area contributed by atoms with Crippen LogP contribution in [0.5, 0.6) is 0 Å². The predicted molar refractivity (Wildman–Crippen MR) is 112 cm³/mol. The summed E-state index contributed by atoms with van der Waals surface area (Å²) >= 11 is 0. The number of nitrogens with zero attached hydrogens (tertiary/aromatic N) is 2. The molecule has 0 bridgehead atoms. The molecule has 6 nitrogen and oxygen atoms in total. The van der Waals surface area contributed by atoms with Gasteiger partial charge < -0.3 is 4.74 Å². The van der Waals surface area contributed by atoms with Gasteiger partial charge in [0, 0.05) is 5.69 Å². The lowest BCUT2D eigenvalue weighted by atomic mass is 10.1. The van der Waals surface area contributed by atoms with Crippen molar-refractivity contribution in [2.45, 2.75) is 13.0 Å². The molecule has 1 aliphatic rings. The Morgan fingerprint density at radius 2 is 1.47 bits per heavy atom. The summed E-state index contributed by atoms with van der Waals surface area (Å²) in [5.41, 5.74) is 2.66. The van der Waals surface area contributed by atoms with E-state index in [1.54, 1.807) is 60.7 Å². The summed E-state index contributed by atoms with van der Waals surface area (Å²) < 4.78 is 5.28. The summed E-state index contributed by atoms with van der Waals surface area (Å²) in [6.45, 7) is 1.47. The van der Waals surface area contributed by atoms with Crippen LogP contribution in [0.2, 0.25) is 0 Å². The molecule has 0 saturated carbocycles. The van der Waals surface area contributed by atoms with E-state index in [0.29, 0.717) is 16.8 Å². The summed E-state index contributed by atoms with van der Waals surface area (Å²) in [4.78, 5) is 41.0. The highest BCUT2D eigenvalue weighted by atomic mass is 16.5. The van der Waals surface area contributed by atoms with Crippen molar-refractivity contribution in [2.75, 3.05) is 11.6 Å². The molecule has 3 aromatic rings. The number of benzene rings is 3. The number of ether oxygens (including phenoxy) is 1. The zero-order valence-corrected chi connectivity index (χ0v) is 16.4. The minimum absolute atomic E-state index is 0.360. The number of rotatable bonds is 5. The van der Waals surface area contributed by atoms with Crippen LogP contribution in [-0.4, -0.2) is 29.5 Å². The Hall–Kier alpha value is -3.93. The van der Waals surface area contributed by atoms with Gasteiger partial charge in [0.25, 0.3) is 5.91 Å². The minimum atomic E-state index is -0.820. The largest absolute Gasteiger partial charge is 0.440 e. The van der Waals surface area contributed by atoms with Crippen molar-refractivity contribution in [2.24, 2.45) is 0 Å². The Labute approximate surface area is 174 Å². The quantitative estimate of drug-likeness (QED) is 0.473. The fourth-order valence-corrected chi connectivity index (χ4v) is 3.38. The monoisotopic (exact) mass is 400 g/mol. The highest BCUT2D eigenvalue weighted by molar-refractivity contribution is 6.14. The van der Waals surface area contributed by atoms with Crippen molar-refractivity contribution >= 4 is 23.6 Å². The van der Waals surface area contributed by atoms with Crippen LogP contribution in [0.15, 0.2) is 84.9 Å². The zero-order chi connectivity index (χ0) is 21.1. The van der Waals surface area contributed by atoms with Gasteiger partial charge in [-0.1, -0.05) is 66.2 Å². The van der Waals surface area contributed by atoms with Crippen molar-refractivity contribution in [1.82, 2.24) is 4.90 Å². The average molecular weight is 400 g/mol. The smallest absolute Gasteiger partial charge is 0.339 e. The number of hydrogen-bond acceptors (Lipinski definition) is 4. The van der Waals surface area contributed by atoms with E-state index in [2.05, 4.69) is 0 Å². The first-order valence-electron chi connectivity index (χ1n) is 9.54. The molecule has 1 fully saturated rings. The van der Waals surface area contributed by atoms with Crippen LogP contribution in [0.1, 0.15) is 27.5 Å². The van der Waals surface area contributed by atoms with Crippen LogP contribution in [0.3, 0.4) is 0 Å². The van der Waals surface area contributed by atoms with Crippen molar-refractivity contribution in [3.05, 3.63) is 102 Å². The number of para-hydroxylation sites is 1. The average Bonchev–Trinajstić information content (AvgIpc) is 3.03. The maximum Gasteiger partial charge on any atom is 0.339 e. The lowest BCUT2D eigenvalue weighted by Crippen LogP contribution is -2.35. The fraction of sp³-hybridized carbons (Fsp3) is 0.125. The van der Waals surface area contributed by atoms with Crippen molar-refractivity contribution < 1.29 is 19.1 Å². The summed E-state index contributed by atoms with van der Waals surface area (Å²) in [5.74, 6) is -1.03. The molecule has 1 atom stereocenters. The molecule has 4 rings (SSSR count). The third-order valence-electron chi connectivity index (χ3n) is 4.96. The highest BCUT2D eigenvalue weighted by Crippen LogP contribution is 2.35. The second-order valence-electron chi connectivity index (χ2n) is 6.99. The molecule has 3 aromatic carbocycles. The topological polar surface area (TPSA) is 66.9 Å². The number of anilines is 1. The summed E-state index contributed by atoms with van der Waals surface area (Å²) in [7, 11) is 0. The van der Waals surface area contributed by atoms with E-state index in [-0.39, 0.29) is 0 Å². The van der Waals surface area contributed by atoms with Gasteiger partial charge in [-0.3, -0.25) is 9.69 Å². The number of urea groups is 1. The van der Waals surface area contributed by atoms with Crippen molar-refractivity contribution in [3.8, 4) is 0 Å². The number of imide groups is 1. The van der Waals surface area contributed by atoms with Gasteiger partial charge in [0.05, 0.1) is 5.56 Å². The molecule has 1 saturated heterocycles. The fourth-order valence-electron chi connectivity index (χ4n) is 3.38. The Balaban J connectivity index is 1.59. The highest BCUT2D eigenvalue weighted by Gasteiger charge is 2.47. The minimum Gasteiger partial charge on any atom is -0.440 e. The first kappa shape index (κ1) is 19.4. The third-order valence-corrected chi connectivity index (χ3v) is 4.96. The lowest BCUT2D eigenvalue weighted by molar-refractivity contribution is -0.129. The standard InChI is InChI=1S/C24H20N2O4/c1-17-12-14-19(15-13-17)23(28)30-16-25-22(27)21(18-8-4-2-5-9-18)26(24(25)29)20-10-6-3-7-11-20/h2-15,21H,16H2,1H3. The normalized spacial score (nSPS) is 16.1. The van der Waals surface area contributed by atoms with E-state index in [4.69, 9.17) is 4.74 Å². The van der Waals surface area contributed by atoms with E-state index in [0.717, 1.165) is 10.5 Å². The Bertz CT molecular complexity index is 1010. The van der Waals surface area contributed by atoms with E-state index in [1.165, 1.54) is 4.90 Å². The lowest BCUT2D eigenvalue weighted by Gasteiger charge is -2.22. The van der Waals surface area contributed by atoms with Gasteiger partial charge in [0.2, 0.25) is 0 Å². The molecule has 1 aliphatic heterocycles. The second-order valence-corrected chi connectivity index (χ2v) is 6.99. The third kappa shape index (κ3) is 3.67. The molecule has 0 radical (unpaired) electrons. The molecule has 0 spiro atoms. The van der Waals surface area contributed by atoms with Crippen molar-refractivity contribution in [1.29, 1.82) is 0 Å². The molecule has 0 aromatic heterocycles. The number of esters is 1. The number of hydrogen-bond donors (Lipinski definition) is 0. The maximum atomic E-state index is 13.2. The number of aryl methyl sites for hydroxylation is 1. The van der Waals surface area contributed by atoms with Crippen LogP contribution in [0.4, 0.5) is 10.5 Å². The van der Waals surface area contributed by atoms with Gasteiger partial charge in [0.15, 0.2) is 6.73 Å². The summed E-state index contributed by atoms with van der Waals surface area (Å²) in [5, 5.41) is 0. The number of amides is 3. The molecule has 1 heterocycles. The Morgan fingerprint density at radius 1 is 0.867 bits per heavy atom. The molecule has 6 heteroatoms. The molecule has 0 aliphatic carbocycles. The van der Waals surface area contributed by atoms with Crippen LogP contribution >= 0.6 is 0 Å². The van der Waals surface area contributed by atoms with Gasteiger partial charge in [-0.25, -0.2) is 14.5 Å². The first-order valence-corrected chi connectivity index (χ1v) is 9.54. The number of carbonyl (C=O) groups excluding carboxylic acids is 3. The zero-order valence-electron chi connectivity index (χ0n) is 16.4. The molecule has 1 unspecified atom stereocenters. The Kier molecular flexibility index (Phi) is 5.30. The predicted octanol–water partition coefficient (Wildman–Crippen LogP) is 4.32. The van der Waals surface area contributed by atoms with Gasteiger partial charge in [-0.15, -0.1) is 0 Å². The van der Waals surface area contributed by atoms with E-state index in [1.807, 2.05) is 31.2 Å². The van der Waals surface area contributed by atoms with Gasteiger partial charge in [0.1, 0.15) is 6.04 Å². The Morgan fingerprint density at radius 3 is 2.10 bits per heavy atom. The molecule has 30 heavy (non-hydrogen) atoms. The molecule has 3 amide bonds. The SMILES string of the molecule is Cc1ccc(C(=O)OCN2C(=O)C(c3ccccc3)N(c3ccccc3)C2=O)cc1. The van der Waals surface area contributed by atoms with E-state index < -0.39 is 30.7 Å². The van der Waals surface area contributed by atoms with Crippen LogP contribution in [0.25, 0.3) is 0 Å². The molecular formula is C24H20N2O4. The van der Waals surface area contributed by atoms with E-state index >= 15 is 0 Å².